The Morgan fingerprint density at radius 2 is 1.94 bits per heavy atom. The number of carbonyl (C=O) groups excluding carboxylic acids is 1. The summed E-state index contributed by atoms with van der Waals surface area (Å²) >= 11 is 0. The van der Waals surface area contributed by atoms with Crippen LogP contribution in [0.2, 0.25) is 0 Å². The van der Waals surface area contributed by atoms with Gasteiger partial charge < -0.3 is 9.73 Å². The van der Waals surface area contributed by atoms with E-state index in [0.717, 1.165) is 17.1 Å². The lowest BCUT2D eigenvalue weighted by molar-refractivity contribution is -0.120. The monoisotopic (exact) mass is 247 g/mol. The Bertz CT molecular complexity index is 531. The van der Waals surface area contributed by atoms with Crippen molar-refractivity contribution in [3.63, 3.8) is 0 Å². The van der Waals surface area contributed by atoms with E-state index in [2.05, 4.69) is 5.32 Å². The summed E-state index contributed by atoms with van der Waals surface area (Å²) in [5.41, 5.74) is 0.782. The summed E-state index contributed by atoms with van der Waals surface area (Å²) in [7, 11) is 0. The summed E-state index contributed by atoms with van der Waals surface area (Å²) in [4.78, 5) is 11.6. The predicted molar refractivity (Wildman–Crippen MR) is 65.4 cm³/mol. The van der Waals surface area contributed by atoms with Crippen LogP contribution in [0.1, 0.15) is 17.1 Å². The minimum atomic E-state index is -0.301. The van der Waals surface area contributed by atoms with Crippen LogP contribution < -0.4 is 5.32 Å². The van der Waals surface area contributed by atoms with E-state index in [1.807, 2.05) is 19.1 Å². The van der Waals surface area contributed by atoms with Gasteiger partial charge in [0, 0.05) is 0 Å². The van der Waals surface area contributed by atoms with E-state index < -0.39 is 0 Å². The van der Waals surface area contributed by atoms with Crippen molar-refractivity contribution in [1.82, 2.24) is 5.32 Å². The Balaban J connectivity index is 1.83. The molecule has 0 aliphatic carbocycles. The molecule has 94 valence electrons. The number of nitrogens with one attached hydrogen (secondary N) is 1. The van der Waals surface area contributed by atoms with Gasteiger partial charge in [0.2, 0.25) is 5.91 Å². The maximum Gasteiger partial charge on any atom is 0.224 e. The zero-order chi connectivity index (χ0) is 13.0. The number of hydrogen-bond donors (Lipinski definition) is 1. The van der Waals surface area contributed by atoms with E-state index in [1.54, 1.807) is 12.1 Å². The second-order valence-corrected chi connectivity index (χ2v) is 4.09. The number of hydrogen-bond acceptors (Lipinski definition) is 2. The first-order valence-corrected chi connectivity index (χ1v) is 5.70. The standard InChI is InChI=1S/C14H14FNO2/c1-10-2-7-13(18-10)9-16-14(17)8-11-3-5-12(15)6-4-11/h2-7H,8-9H2,1H3,(H,16,17). The van der Waals surface area contributed by atoms with Crippen molar-refractivity contribution in [2.45, 2.75) is 19.9 Å². The molecular weight excluding hydrogens is 233 g/mol. The number of rotatable bonds is 4. The minimum absolute atomic E-state index is 0.115. The van der Waals surface area contributed by atoms with Gasteiger partial charge in [-0.1, -0.05) is 12.1 Å². The average molecular weight is 247 g/mol. The first-order chi connectivity index (χ1) is 8.63. The van der Waals surface area contributed by atoms with E-state index in [4.69, 9.17) is 4.42 Å². The molecule has 0 aliphatic heterocycles. The molecule has 1 aromatic heterocycles. The summed E-state index contributed by atoms with van der Waals surface area (Å²) in [6, 6.07) is 9.57. The fraction of sp³-hybridized carbons (Fsp3) is 0.214. The molecule has 0 spiro atoms. The number of benzene rings is 1. The highest BCUT2D eigenvalue weighted by molar-refractivity contribution is 5.78. The number of halogens is 1. The van der Waals surface area contributed by atoms with Gasteiger partial charge in [-0.15, -0.1) is 0 Å². The van der Waals surface area contributed by atoms with E-state index in [1.165, 1.54) is 12.1 Å². The molecule has 0 aliphatic rings. The highest BCUT2D eigenvalue weighted by atomic mass is 19.1. The Kier molecular flexibility index (Phi) is 3.77. The van der Waals surface area contributed by atoms with Crippen molar-refractivity contribution >= 4 is 5.91 Å². The molecule has 4 heteroatoms. The molecule has 1 aromatic carbocycles. The van der Waals surface area contributed by atoms with Gasteiger partial charge >= 0.3 is 0 Å². The molecule has 0 atom stereocenters. The Morgan fingerprint density at radius 3 is 2.56 bits per heavy atom. The van der Waals surface area contributed by atoms with Crippen molar-refractivity contribution in [3.05, 3.63) is 59.3 Å². The van der Waals surface area contributed by atoms with Crippen LogP contribution >= 0.6 is 0 Å². The van der Waals surface area contributed by atoms with Gasteiger partial charge in [-0.3, -0.25) is 4.79 Å². The van der Waals surface area contributed by atoms with Crippen LogP contribution in [0.4, 0.5) is 4.39 Å². The summed E-state index contributed by atoms with van der Waals surface area (Å²) in [5, 5.41) is 2.75. The molecular formula is C14H14FNO2. The lowest BCUT2D eigenvalue weighted by Crippen LogP contribution is -2.24. The van der Waals surface area contributed by atoms with Gasteiger partial charge in [0.25, 0.3) is 0 Å². The number of carbonyl (C=O) groups is 1. The molecule has 1 heterocycles. The van der Waals surface area contributed by atoms with Crippen LogP contribution in [-0.2, 0) is 17.8 Å². The summed E-state index contributed by atoms with van der Waals surface area (Å²) in [6.45, 7) is 2.22. The maximum atomic E-state index is 12.7. The van der Waals surface area contributed by atoms with Gasteiger partial charge in [0.05, 0.1) is 13.0 Å². The normalized spacial score (nSPS) is 10.3. The summed E-state index contributed by atoms with van der Waals surface area (Å²) < 4.78 is 18.0. The van der Waals surface area contributed by atoms with Gasteiger partial charge in [0.15, 0.2) is 0 Å². The van der Waals surface area contributed by atoms with Crippen molar-refractivity contribution in [3.8, 4) is 0 Å². The molecule has 0 unspecified atom stereocenters. The lowest BCUT2D eigenvalue weighted by Gasteiger charge is -2.03. The largest absolute Gasteiger partial charge is 0.465 e. The van der Waals surface area contributed by atoms with Crippen molar-refractivity contribution in [2.24, 2.45) is 0 Å². The van der Waals surface area contributed by atoms with Crippen LogP contribution in [0.5, 0.6) is 0 Å². The molecule has 2 aromatic rings. The number of furan rings is 1. The highest BCUT2D eigenvalue weighted by Crippen LogP contribution is 2.06. The van der Waals surface area contributed by atoms with Crippen molar-refractivity contribution in [2.75, 3.05) is 0 Å². The molecule has 1 amide bonds. The minimum Gasteiger partial charge on any atom is -0.465 e. The molecule has 1 N–H and O–H groups in total. The van der Waals surface area contributed by atoms with E-state index >= 15 is 0 Å². The Labute approximate surface area is 105 Å². The molecule has 3 nitrogen and oxygen atoms in total. The molecule has 0 radical (unpaired) electrons. The van der Waals surface area contributed by atoms with Crippen LogP contribution in [0, 0.1) is 12.7 Å². The Morgan fingerprint density at radius 1 is 1.22 bits per heavy atom. The number of amides is 1. The van der Waals surface area contributed by atoms with Crippen molar-refractivity contribution in [1.29, 1.82) is 0 Å². The quantitative estimate of drug-likeness (QED) is 0.902. The molecule has 18 heavy (non-hydrogen) atoms. The second kappa shape index (κ2) is 5.49. The first-order valence-electron chi connectivity index (χ1n) is 5.70. The van der Waals surface area contributed by atoms with Crippen LogP contribution in [-0.4, -0.2) is 5.91 Å². The van der Waals surface area contributed by atoms with Gasteiger partial charge in [-0.25, -0.2) is 4.39 Å². The highest BCUT2D eigenvalue weighted by Gasteiger charge is 2.05. The van der Waals surface area contributed by atoms with Crippen LogP contribution in [0.15, 0.2) is 40.8 Å². The molecule has 0 saturated heterocycles. The Hall–Kier alpha value is -2.10. The fourth-order valence-electron chi connectivity index (χ4n) is 1.62. The third-order valence-corrected chi connectivity index (χ3v) is 2.53. The summed E-state index contributed by atoms with van der Waals surface area (Å²) in [6.07, 6.45) is 0.236. The maximum absolute atomic E-state index is 12.7. The smallest absolute Gasteiger partial charge is 0.224 e. The SMILES string of the molecule is Cc1ccc(CNC(=O)Cc2ccc(F)cc2)o1. The van der Waals surface area contributed by atoms with Crippen LogP contribution in [0.3, 0.4) is 0 Å². The van der Waals surface area contributed by atoms with Gasteiger partial charge in [-0.2, -0.15) is 0 Å². The van der Waals surface area contributed by atoms with E-state index in [0.29, 0.717) is 6.54 Å². The molecule has 0 bridgehead atoms. The zero-order valence-corrected chi connectivity index (χ0v) is 10.1. The molecule has 0 fully saturated rings. The number of aryl methyl sites for hydroxylation is 1. The third kappa shape index (κ3) is 3.45. The first kappa shape index (κ1) is 12.4. The fourth-order valence-corrected chi connectivity index (χ4v) is 1.62. The van der Waals surface area contributed by atoms with Crippen molar-refractivity contribution < 1.29 is 13.6 Å². The summed E-state index contributed by atoms with van der Waals surface area (Å²) in [5.74, 6) is 1.12. The van der Waals surface area contributed by atoms with E-state index in [9.17, 15) is 9.18 Å². The van der Waals surface area contributed by atoms with Gasteiger partial charge in [0.1, 0.15) is 17.3 Å². The average Bonchev–Trinajstić information content (AvgIpc) is 2.76. The molecule has 2 rings (SSSR count). The topological polar surface area (TPSA) is 42.2 Å². The predicted octanol–water partition coefficient (Wildman–Crippen LogP) is 2.59. The third-order valence-electron chi connectivity index (χ3n) is 2.53. The van der Waals surface area contributed by atoms with Crippen LogP contribution in [0.25, 0.3) is 0 Å². The lowest BCUT2D eigenvalue weighted by atomic mass is 10.1. The van der Waals surface area contributed by atoms with E-state index in [-0.39, 0.29) is 18.1 Å². The zero-order valence-electron chi connectivity index (χ0n) is 10.1. The second-order valence-electron chi connectivity index (χ2n) is 4.09. The molecule has 0 saturated carbocycles. The van der Waals surface area contributed by atoms with Gasteiger partial charge in [-0.05, 0) is 36.8 Å².